The number of hydrogen-bond donors (Lipinski definition) is 0. The van der Waals surface area contributed by atoms with E-state index in [1.165, 1.54) is 77.0 Å². The van der Waals surface area contributed by atoms with Gasteiger partial charge in [0, 0.05) is 6.42 Å². The molecule has 0 N–H and O–H groups in total. The van der Waals surface area contributed by atoms with Crippen LogP contribution in [0.2, 0.25) is 0 Å². The minimum absolute atomic E-state index is 0.0393. The van der Waals surface area contributed by atoms with Gasteiger partial charge in [-0.1, -0.05) is 219 Å². The van der Waals surface area contributed by atoms with Gasteiger partial charge in [0.2, 0.25) is 0 Å². The Hall–Kier alpha value is -3.59. The molecule has 0 aromatic carbocycles. The standard InChI is InChI=1S/C60H100NO8P/c1-6-8-10-12-14-16-18-20-22-23-24-25-26-27-28-29-30-31-32-33-34-35-36-37-39-41-43-45-47-49-51-53-60(63)69-58(57-68-70(64,65)67-55-54-61(3,4)5)56-66-59(62)52-50-48-46-44-42-40-38-21-19-17-15-13-11-9-7-2/h8-11,14-17,20-22,24-25,27-28,38,42,44,48,50,58H,6-7,12-13,18-19,23,26,29-37,39-41,43,45-47,49,51-57H2,1-5H3/b10-8-,11-9-,16-14-,17-15-,22-20-,25-24-,28-27-,38-21-,44-42-,50-48-. The summed E-state index contributed by atoms with van der Waals surface area (Å²) in [5.41, 5.74) is 0. The Morgan fingerprint density at radius 1 is 0.457 bits per heavy atom. The first-order chi connectivity index (χ1) is 34.0. The number of nitrogens with zero attached hydrogens (tertiary/aromatic N) is 1. The summed E-state index contributed by atoms with van der Waals surface area (Å²) >= 11 is 0. The lowest BCUT2D eigenvalue weighted by atomic mass is 10.0. The van der Waals surface area contributed by atoms with Crippen molar-refractivity contribution in [3.05, 3.63) is 122 Å². The van der Waals surface area contributed by atoms with E-state index in [0.29, 0.717) is 23.9 Å². The maximum atomic E-state index is 12.8. The number of allylic oxidation sites excluding steroid dienone is 19. The number of rotatable bonds is 48. The Kier molecular flexibility index (Phi) is 47.8. The van der Waals surface area contributed by atoms with Crippen molar-refractivity contribution in [3.8, 4) is 0 Å². The van der Waals surface area contributed by atoms with Gasteiger partial charge in [0.25, 0.3) is 7.82 Å². The van der Waals surface area contributed by atoms with Crippen molar-refractivity contribution in [2.24, 2.45) is 0 Å². The van der Waals surface area contributed by atoms with Crippen LogP contribution in [0.25, 0.3) is 0 Å². The Labute approximate surface area is 428 Å². The SMILES string of the molecule is CC/C=C\C/C=C\C/C=C\C/C=C\C/C=C\CCCCCCCCCCCCCCCCCC(=O)OC(COC(=O)C/C=C\C/C=C\C/C=C\C/C=C\C/C=C\CC)COP(=O)([O-])OCC[N+](C)(C)C. The van der Waals surface area contributed by atoms with Crippen molar-refractivity contribution in [1.82, 2.24) is 0 Å². The third kappa shape index (κ3) is 53.8. The molecule has 0 radical (unpaired) electrons. The van der Waals surface area contributed by atoms with Gasteiger partial charge in [-0.3, -0.25) is 14.2 Å². The Balaban J connectivity index is 4.19. The van der Waals surface area contributed by atoms with Crippen LogP contribution in [-0.4, -0.2) is 70.0 Å². The molecule has 0 fully saturated rings. The van der Waals surface area contributed by atoms with Gasteiger partial charge in [0.15, 0.2) is 6.10 Å². The monoisotopic (exact) mass is 994 g/mol. The number of unbranched alkanes of at least 4 members (excludes halogenated alkanes) is 15. The molecule has 2 unspecified atom stereocenters. The number of phosphoric ester groups is 1. The number of phosphoric acid groups is 1. The maximum Gasteiger partial charge on any atom is 0.309 e. The molecule has 398 valence electrons. The molecule has 0 heterocycles. The van der Waals surface area contributed by atoms with E-state index in [1.807, 2.05) is 33.3 Å². The van der Waals surface area contributed by atoms with E-state index in [2.05, 4.69) is 117 Å². The molecule has 10 heteroatoms. The molecule has 0 amide bonds. The molecule has 0 aliphatic heterocycles. The zero-order valence-corrected chi connectivity index (χ0v) is 45.8. The first-order valence-corrected chi connectivity index (χ1v) is 28.7. The highest BCUT2D eigenvalue weighted by molar-refractivity contribution is 7.45. The number of hydrogen-bond acceptors (Lipinski definition) is 8. The van der Waals surface area contributed by atoms with Gasteiger partial charge < -0.3 is 27.9 Å². The summed E-state index contributed by atoms with van der Waals surface area (Å²) in [5.74, 6) is -0.988. The summed E-state index contributed by atoms with van der Waals surface area (Å²) < 4.78 is 33.9. The summed E-state index contributed by atoms with van der Waals surface area (Å²) in [6, 6.07) is 0. The third-order valence-corrected chi connectivity index (χ3v) is 12.0. The van der Waals surface area contributed by atoms with Gasteiger partial charge in [0.05, 0.1) is 34.2 Å². The van der Waals surface area contributed by atoms with Crippen molar-refractivity contribution in [2.75, 3.05) is 47.5 Å². The number of ether oxygens (including phenoxy) is 2. The molecule has 0 aliphatic rings. The molecule has 0 saturated carbocycles. The average molecular weight is 994 g/mol. The van der Waals surface area contributed by atoms with E-state index in [1.54, 1.807) is 6.08 Å². The summed E-state index contributed by atoms with van der Waals surface area (Å²) in [7, 11) is 1.10. The summed E-state index contributed by atoms with van der Waals surface area (Å²) in [6.07, 6.45) is 71.4. The van der Waals surface area contributed by atoms with Gasteiger partial charge in [-0.2, -0.15) is 0 Å². The summed E-state index contributed by atoms with van der Waals surface area (Å²) in [6.45, 7) is 3.88. The van der Waals surface area contributed by atoms with Crippen LogP contribution in [0.1, 0.15) is 194 Å². The lowest BCUT2D eigenvalue weighted by Gasteiger charge is -2.28. The molecular formula is C60H100NO8P. The van der Waals surface area contributed by atoms with Crippen LogP contribution in [0.5, 0.6) is 0 Å². The van der Waals surface area contributed by atoms with Gasteiger partial charge in [0.1, 0.15) is 19.8 Å². The molecule has 0 rings (SSSR count). The molecule has 2 atom stereocenters. The average Bonchev–Trinajstić information content (AvgIpc) is 3.32. The highest BCUT2D eigenvalue weighted by Crippen LogP contribution is 2.38. The topological polar surface area (TPSA) is 111 Å². The van der Waals surface area contributed by atoms with Gasteiger partial charge in [-0.25, -0.2) is 0 Å². The minimum Gasteiger partial charge on any atom is -0.756 e. The van der Waals surface area contributed by atoms with Crippen LogP contribution < -0.4 is 4.89 Å². The van der Waals surface area contributed by atoms with Crippen molar-refractivity contribution < 1.29 is 42.1 Å². The third-order valence-electron chi connectivity index (χ3n) is 11.0. The molecule has 0 aliphatic carbocycles. The number of carbonyl (C=O) groups is 2. The fourth-order valence-electron chi connectivity index (χ4n) is 6.87. The number of quaternary nitrogens is 1. The van der Waals surface area contributed by atoms with E-state index in [9.17, 15) is 19.0 Å². The van der Waals surface area contributed by atoms with Crippen LogP contribution in [0.15, 0.2) is 122 Å². The second kappa shape index (κ2) is 50.4. The largest absolute Gasteiger partial charge is 0.756 e. The van der Waals surface area contributed by atoms with E-state index < -0.39 is 32.5 Å². The van der Waals surface area contributed by atoms with E-state index in [0.717, 1.165) is 77.0 Å². The number of likely N-dealkylation sites (N-methyl/N-ethyl adjacent to an activating group) is 1. The van der Waals surface area contributed by atoms with Crippen LogP contribution in [-0.2, 0) is 32.7 Å². The maximum absolute atomic E-state index is 12.8. The highest BCUT2D eigenvalue weighted by atomic mass is 31.2. The fourth-order valence-corrected chi connectivity index (χ4v) is 7.60. The van der Waals surface area contributed by atoms with Crippen LogP contribution in [0, 0.1) is 0 Å². The number of carbonyl (C=O) groups excluding carboxylic acids is 2. The summed E-state index contributed by atoms with van der Waals surface area (Å²) in [4.78, 5) is 37.7. The normalized spacial score (nSPS) is 14.3. The molecule has 70 heavy (non-hydrogen) atoms. The van der Waals surface area contributed by atoms with Gasteiger partial charge >= 0.3 is 11.9 Å². The van der Waals surface area contributed by atoms with Gasteiger partial charge in [-0.05, 0) is 83.5 Å². The highest BCUT2D eigenvalue weighted by Gasteiger charge is 2.21. The second-order valence-electron chi connectivity index (χ2n) is 18.8. The number of esters is 2. The molecule has 0 spiro atoms. The first-order valence-electron chi connectivity index (χ1n) is 27.2. The summed E-state index contributed by atoms with van der Waals surface area (Å²) in [5, 5.41) is 0. The molecule has 0 bridgehead atoms. The minimum atomic E-state index is -4.66. The zero-order valence-electron chi connectivity index (χ0n) is 44.9. The molecule has 0 aromatic heterocycles. The van der Waals surface area contributed by atoms with Crippen molar-refractivity contribution in [3.63, 3.8) is 0 Å². The van der Waals surface area contributed by atoms with E-state index in [-0.39, 0.29) is 26.1 Å². The van der Waals surface area contributed by atoms with Crippen LogP contribution >= 0.6 is 7.82 Å². The predicted octanol–water partition coefficient (Wildman–Crippen LogP) is 16.2. The Morgan fingerprint density at radius 2 is 0.814 bits per heavy atom. The quantitative estimate of drug-likeness (QED) is 0.0195. The van der Waals surface area contributed by atoms with Crippen LogP contribution in [0.3, 0.4) is 0 Å². The lowest BCUT2D eigenvalue weighted by molar-refractivity contribution is -0.870. The lowest BCUT2D eigenvalue weighted by Crippen LogP contribution is -2.37. The first kappa shape index (κ1) is 66.4. The van der Waals surface area contributed by atoms with Crippen molar-refractivity contribution in [1.29, 1.82) is 0 Å². The second-order valence-corrected chi connectivity index (χ2v) is 20.3. The van der Waals surface area contributed by atoms with E-state index >= 15 is 0 Å². The zero-order chi connectivity index (χ0) is 51.3. The Morgan fingerprint density at radius 3 is 1.21 bits per heavy atom. The smallest absolute Gasteiger partial charge is 0.309 e. The van der Waals surface area contributed by atoms with Crippen LogP contribution in [0.4, 0.5) is 0 Å². The van der Waals surface area contributed by atoms with Crippen molar-refractivity contribution >= 4 is 19.8 Å². The van der Waals surface area contributed by atoms with E-state index in [4.69, 9.17) is 18.5 Å². The predicted molar refractivity (Wildman–Crippen MR) is 295 cm³/mol. The fraction of sp³-hybridized carbons (Fsp3) is 0.633. The Bertz CT molecular complexity index is 1590. The van der Waals surface area contributed by atoms with Gasteiger partial charge in [-0.15, -0.1) is 0 Å². The molecular weight excluding hydrogens is 894 g/mol. The molecule has 0 aromatic rings. The molecule has 0 saturated heterocycles. The molecule has 9 nitrogen and oxygen atoms in total. The van der Waals surface area contributed by atoms with Crippen molar-refractivity contribution in [2.45, 2.75) is 200 Å².